The quantitative estimate of drug-likeness (QED) is 0.754. The molecule has 0 aromatic carbocycles. The number of aromatic nitrogens is 1. The van der Waals surface area contributed by atoms with Crippen LogP contribution in [0.15, 0.2) is 24.5 Å². The van der Waals surface area contributed by atoms with Crippen LogP contribution in [0.3, 0.4) is 0 Å². The second-order valence-electron chi connectivity index (χ2n) is 3.87. The Hall–Kier alpha value is -1.42. The van der Waals surface area contributed by atoms with E-state index in [0.29, 0.717) is 0 Å². The molecule has 1 saturated heterocycles. The van der Waals surface area contributed by atoms with E-state index in [0.717, 1.165) is 18.7 Å². The van der Waals surface area contributed by atoms with E-state index in [4.69, 9.17) is 0 Å². The fourth-order valence-corrected chi connectivity index (χ4v) is 1.54. The molecule has 1 amide bonds. The molecule has 0 radical (unpaired) electrons. The van der Waals surface area contributed by atoms with Crippen molar-refractivity contribution in [1.82, 2.24) is 15.6 Å². The summed E-state index contributed by atoms with van der Waals surface area (Å²) in [5.41, 5.74) is 1.09. The topological polar surface area (TPSA) is 54.0 Å². The Labute approximate surface area is 89.1 Å². The van der Waals surface area contributed by atoms with E-state index < -0.39 is 0 Å². The lowest BCUT2D eigenvalue weighted by Crippen LogP contribution is -2.51. The summed E-state index contributed by atoms with van der Waals surface area (Å²) in [5.74, 6) is 0.285. The molecular formula is C11H15N3O. The molecule has 1 unspecified atom stereocenters. The molecule has 0 bridgehead atoms. The maximum absolute atomic E-state index is 11.6. The zero-order chi connectivity index (χ0) is 10.7. The molecule has 15 heavy (non-hydrogen) atoms. The number of hydrogen-bond donors (Lipinski definition) is 2. The fraction of sp³-hybridized carbons (Fsp3) is 0.455. The summed E-state index contributed by atoms with van der Waals surface area (Å²) in [6.07, 6.45) is 3.48. The summed E-state index contributed by atoms with van der Waals surface area (Å²) < 4.78 is 0. The number of nitrogens with one attached hydrogen (secondary N) is 2. The van der Waals surface area contributed by atoms with Gasteiger partial charge < -0.3 is 10.6 Å². The van der Waals surface area contributed by atoms with E-state index >= 15 is 0 Å². The average molecular weight is 205 g/mol. The second-order valence-corrected chi connectivity index (χ2v) is 3.87. The zero-order valence-electron chi connectivity index (χ0n) is 8.73. The van der Waals surface area contributed by atoms with Gasteiger partial charge in [-0.2, -0.15) is 0 Å². The predicted octanol–water partition coefficient (Wildman–Crippen LogP) is 0.478. The number of pyridine rings is 1. The van der Waals surface area contributed by atoms with Gasteiger partial charge in [-0.15, -0.1) is 0 Å². The molecule has 0 saturated carbocycles. The first-order valence-corrected chi connectivity index (χ1v) is 5.18. The van der Waals surface area contributed by atoms with Crippen molar-refractivity contribution in [2.45, 2.75) is 13.0 Å². The Morgan fingerprint density at radius 1 is 1.53 bits per heavy atom. The summed E-state index contributed by atoms with van der Waals surface area (Å²) in [7, 11) is 0. The molecule has 1 aromatic heterocycles. The number of nitrogens with zero attached hydrogens (tertiary/aromatic N) is 1. The maximum atomic E-state index is 11.6. The number of hydrogen-bond acceptors (Lipinski definition) is 3. The van der Waals surface area contributed by atoms with Gasteiger partial charge in [0, 0.05) is 25.5 Å². The smallest absolute Gasteiger partial charge is 0.226 e. The number of rotatable bonds is 3. The number of carbonyl (C=O) groups excluding carboxylic acids is 1. The van der Waals surface area contributed by atoms with Crippen LogP contribution in [0, 0.1) is 5.92 Å². The average Bonchev–Trinajstić information content (AvgIpc) is 2.16. The van der Waals surface area contributed by atoms with Crippen LogP contribution in [-0.4, -0.2) is 24.0 Å². The summed E-state index contributed by atoms with van der Waals surface area (Å²) in [4.78, 5) is 15.6. The summed E-state index contributed by atoms with van der Waals surface area (Å²) >= 11 is 0. The van der Waals surface area contributed by atoms with Crippen LogP contribution < -0.4 is 10.6 Å². The Morgan fingerprint density at radius 2 is 2.20 bits per heavy atom. The minimum atomic E-state index is 0.0566. The lowest BCUT2D eigenvalue weighted by Gasteiger charge is -2.27. The van der Waals surface area contributed by atoms with Crippen molar-refractivity contribution in [3.8, 4) is 0 Å². The third kappa shape index (κ3) is 2.33. The summed E-state index contributed by atoms with van der Waals surface area (Å²) in [6.45, 7) is 3.59. The Bertz CT molecular complexity index is 335. The van der Waals surface area contributed by atoms with E-state index in [1.54, 1.807) is 12.4 Å². The Morgan fingerprint density at radius 3 is 2.73 bits per heavy atom. The largest absolute Gasteiger partial charge is 0.349 e. The van der Waals surface area contributed by atoms with Crippen molar-refractivity contribution in [3.63, 3.8) is 0 Å². The van der Waals surface area contributed by atoms with Crippen LogP contribution in [0.5, 0.6) is 0 Å². The monoisotopic (exact) mass is 205 g/mol. The molecule has 80 valence electrons. The highest BCUT2D eigenvalue weighted by atomic mass is 16.2. The number of carbonyl (C=O) groups is 1. The standard InChI is InChI=1S/C11H15N3O/c1-8(9-2-4-12-5-3-9)14-11(15)10-6-13-7-10/h2-5,8,10,13H,6-7H2,1H3,(H,14,15). The maximum Gasteiger partial charge on any atom is 0.226 e. The highest BCUT2D eigenvalue weighted by Crippen LogP contribution is 2.12. The molecule has 1 aliphatic rings. The van der Waals surface area contributed by atoms with Crippen LogP contribution >= 0.6 is 0 Å². The van der Waals surface area contributed by atoms with E-state index in [-0.39, 0.29) is 17.9 Å². The van der Waals surface area contributed by atoms with Gasteiger partial charge in [0.2, 0.25) is 5.91 Å². The minimum absolute atomic E-state index is 0.0566. The zero-order valence-corrected chi connectivity index (χ0v) is 8.73. The van der Waals surface area contributed by atoms with Crippen LogP contribution in [0.2, 0.25) is 0 Å². The van der Waals surface area contributed by atoms with E-state index in [1.165, 1.54) is 0 Å². The molecule has 1 aliphatic heterocycles. The SMILES string of the molecule is CC(NC(=O)C1CNC1)c1ccncc1. The molecule has 1 fully saturated rings. The molecule has 0 spiro atoms. The highest BCUT2D eigenvalue weighted by Gasteiger charge is 2.25. The van der Waals surface area contributed by atoms with Gasteiger partial charge in [0.1, 0.15) is 0 Å². The second kappa shape index (κ2) is 4.40. The van der Waals surface area contributed by atoms with Crippen LogP contribution in [0.1, 0.15) is 18.5 Å². The Balaban J connectivity index is 1.91. The van der Waals surface area contributed by atoms with Crippen LogP contribution in [-0.2, 0) is 4.79 Å². The first-order valence-electron chi connectivity index (χ1n) is 5.18. The summed E-state index contributed by atoms with van der Waals surface area (Å²) in [5, 5.41) is 6.08. The van der Waals surface area contributed by atoms with Gasteiger partial charge in [-0.1, -0.05) is 0 Å². The van der Waals surface area contributed by atoms with E-state index in [9.17, 15) is 4.79 Å². The third-order valence-electron chi connectivity index (χ3n) is 2.72. The first-order chi connectivity index (χ1) is 7.27. The lowest BCUT2D eigenvalue weighted by atomic mass is 10.0. The van der Waals surface area contributed by atoms with Gasteiger partial charge in [0.15, 0.2) is 0 Å². The molecule has 0 aliphatic carbocycles. The molecule has 4 heteroatoms. The van der Waals surface area contributed by atoms with Crippen LogP contribution in [0.25, 0.3) is 0 Å². The fourth-order valence-electron chi connectivity index (χ4n) is 1.54. The van der Waals surface area contributed by atoms with Crippen molar-refractivity contribution in [2.24, 2.45) is 5.92 Å². The van der Waals surface area contributed by atoms with Gasteiger partial charge in [0.05, 0.1) is 12.0 Å². The van der Waals surface area contributed by atoms with E-state index in [1.807, 2.05) is 19.1 Å². The molecule has 2 rings (SSSR count). The Kier molecular flexibility index (Phi) is 2.97. The summed E-state index contributed by atoms with van der Waals surface area (Å²) in [6, 6.07) is 3.90. The van der Waals surface area contributed by atoms with Gasteiger partial charge in [-0.3, -0.25) is 9.78 Å². The van der Waals surface area contributed by atoms with E-state index in [2.05, 4.69) is 15.6 Å². The van der Waals surface area contributed by atoms with Gasteiger partial charge in [-0.05, 0) is 24.6 Å². The lowest BCUT2D eigenvalue weighted by molar-refractivity contribution is -0.127. The molecule has 2 heterocycles. The van der Waals surface area contributed by atoms with Crippen molar-refractivity contribution in [3.05, 3.63) is 30.1 Å². The molecule has 2 N–H and O–H groups in total. The molecule has 1 aromatic rings. The molecule has 1 atom stereocenters. The highest BCUT2D eigenvalue weighted by molar-refractivity contribution is 5.80. The van der Waals surface area contributed by atoms with Gasteiger partial charge >= 0.3 is 0 Å². The first kappa shape index (κ1) is 10.1. The predicted molar refractivity (Wildman–Crippen MR) is 57.2 cm³/mol. The minimum Gasteiger partial charge on any atom is -0.349 e. The third-order valence-corrected chi connectivity index (χ3v) is 2.72. The van der Waals surface area contributed by atoms with Crippen molar-refractivity contribution >= 4 is 5.91 Å². The number of amides is 1. The normalized spacial score (nSPS) is 17.9. The van der Waals surface area contributed by atoms with Gasteiger partial charge in [0.25, 0.3) is 0 Å². The van der Waals surface area contributed by atoms with Crippen molar-refractivity contribution in [2.75, 3.05) is 13.1 Å². The van der Waals surface area contributed by atoms with Crippen molar-refractivity contribution in [1.29, 1.82) is 0 Å². The van der Waals surface area contributed by atoms with Gasteiger partial charge in [-0.25, -0.2) is 0 Å². The van der Waals surface area contributed by atoms with Crippen LogP contribution in [0.4, 0.5) is 0 Å². The molecular weight excluding hydrogens is 190 g/mol. The molecule has 4 nitrogen and oxygen atoms in total. The van der Waals surface area contributed by atoms with Crippen molar-refractivity contribution < 1.29 is 4.79 Å².